The first kappa shape index (κ1) is 15.2. The van der Waals surface area contributed by atoms with Crippen LogP contribution in [0.3, 0.4) is 0 Å². The highest BCUT2D eigenvalue weighted by Gasteiger charge is 2.15. The SMILES string of the molecule is NC(=O)c1ccnc(Oc2ccc(N3CCNCC3)c(F)c2)n1. The number of carbonyl (C=O) groups excluding carboxylic acids is 1. The van der Waals surface area contributed by atoms with Gasteiger partial charge in [0.2, 0.25) is 0 Å². The third kappa shape index (κ3) is 3.54. The first-order chi connectivity index (χ1) is 11.1. The molecule has 23 heavy (non-hydrogen) atoms. The summed E-state index contributed by atoms with van der Waals surface area (Å²) in [6.07, 6.45) is 1.36. The quantitative estimate of drug-likeness (QED) is 0.871. The number of amides is 1. The number of nitrogens with two attached hydrogens (primary N) is 1. The van der Waals surface area contributed by atoms with E-state index in [1.54, 1.807) is 12.1 Å². The molecule has 1 amide bonds. The molecule has 7 nitrogen and oxygen atoms in total. The van der Waals surface area contributed by atoms with Crippen LogP contribution >= 0.6 is 0 Å². The molecule has 3 N–H and O–H groups in total. The number of ether oxygens (including phenoxy) is 1. The molecule has 1 aromatic carbocycles. The van der Waals surface area contributed by atoms with Crippen molar-refractivity contribution >= 4 is 11.6 Å². The van der Waals surface area contributed by atoms with Crippen LogP contribution in [0.25, 0.3) is 0 Å². The van der Waals surface area contributed by atoms with E-state index < -0.39 is 5.91 Å². The van der Waals surface area contributed by atoms with Gasteiger partial charge in [-0.2, -0.15) is 4.98 Å². The minimum absolute atomic E-state index is 0.0351. The van der Waals surface area contributed by atoms with Gasteiger partial charge in [0.1, 0.15) is 17.3 Å². The lowest BCUT2D eigenvalue weighted by Gasteiger charge is -2.29. The highest BCUT2D eigenvalue weighted by Crippen LogP contribution is 2.26. The van der Waals surface area contributed by atoms with Gasteiger partial charge in [0.25, 0.3) is 5.91 Å². The third-order valence-corrected chi connectivity index (χ3v) is 3.47. The van der Waals surface area contributed by atoms with Gasteiger partial charge in [-0.1, -0.05) is 0 Å². The Hall–Kier alpha value is -2.74. The van der Waals surface area contributed by atoms with E-state index in [0.29, 0.717) is 5.69 Å². The van der Waals surface area contributed by atoms with Gasteiger partial charge in [0.05, 0.1) is 5.69 Å². The summed E-state index contributed by atoms with van der Waals surface area (Å²) in [6.45, 7) is 3.15. The number of anilines is 1. The molecule has 0 atom stereocenters. The van der Waals surface area contributed by atoms with E-state index in [1.807, 2.05) is 4.90 Å². The van der Waals surface area contributed by atoms with Gasteiger partial charge >= 0.3 is 6.01 Å². The van der Waals surface area contributed by atoms with E-state index in [2.05, 4.69) is 15.3 Å². The number of benzene rings is 1. The molecule has 0 spiro atoms. The Morgan fingerprint density at radius 2 is 2.09 bits per heavy atom. The van der Waals surface area contributed by atoms with Crippen molar-refractivity contribution in [2.24, 2.45) is 5.73 Å². The van der Waals surface area contributed by atoms with Crippen LogP contribution in [0.2, 0.25) is 0 Å². The fraction of sp³-hybridized carbons (Fsp3) is 0.267. The minimum Gasteiger partial charge on any atom is -0.424 e. The Morgan fingerprint density at radius 1 is 1.30 bits per heavy atom. The van der Waals surface area contributed by atoms with E-state index in [4.69, 9.17) is 10.5 Å². The molecule has 0 unspecified atom stereocenters. The summed E-state index contributed by atoms with van der Waals surface area (Å²) in [5.41, 5.74) is 5.72. The number of piperazine rings is 1. The first-order valence-corrected chi connectivity index (χ1v) is 7.19. The Morgan fingerprint density at radius 3 is 2.78 bits per heavy atom. The van der Waals surface area contributed by atoms with Crippen molar-refractivity contribution < 1.29 is 13.9 Å². The number of carbonyl (C=O) groups is 1. The molecule has 0 bridgehead atoms. The number of rotatable bonds is 4. The Bertz CT molecular complexity index is 719. The highest BCUT2D eigenvalue weighted by atomic mass is 19.1. The summed E-state index contributed by atoms with van der Waals surface area (Å²) in [6, 6.07) is 5.89. The van der Waals surface area contributed by atoms with Crippen molar-refractivity contribution in [1.29, 1.82) is 0 Å². The van der Waals surface area contributed by atoms with E-state index >= 15 is 0 Å². The van der Waals surface area contributed by atoms with E-state index in [9.17, 15) is 9.18 Å². The maximum absolute atomic E-state index is 14.3. The predicted molar refractivity (Wildman–Crippen MR) is 82.1 cm³/mol. The summed E-state index contributed by atoms with van der Waals surface area (Å²) in [7, 11) is 0. The van der Waals surface area contributed by atoms with Gasteiger partial charge in [-0.05, 0) is 18.2 Å². The fourth-order valence-corrected chi connectivity index (χ4v) is 2.35. The third-order valence-electron chi connectivity index (χ3n) is 3.47. The molecule has 1 aliphatic heterocycles. The summed E-state index contributed by atoms with van der Waals surface area (Å²) < 4.78 is 19.7. The van der Waals surface area contributed by atoms with Crippen molar-refractivity contribution in [1.82, 2.24) is 15.3 Å². The molecule has 3 rings (SSSR count). The smallest absolute Gasteiger partial charge is 0.322 e. The zero-order valence-corrected chi connectivity index (χ0v) is 12.3. The van der Waals surface area contributed by atoms with Gasteiger partial charge in [-0.3, -0.25) is 4.79 Å². The number of halogens is 1. The van der Waals surface area contributed by atoms with Crippen LogP contribution in [-0.2, 0) is 0 Å². The van der Waals surface area contributed by atoms with Gasteiger partial charge in [0.15, 0.2) is 0 Å². The average Bonchev–Trinajstić information content (AvgIpc) is 2.56. The molecule has 0 aliphatic carbocycles. The number of nitrogens with zero attached hydrogens (tertiary/aromatic N) is 3. The molecule has 2 aromatic rings. The standard InChI is InChI=1S/C15H16FN5O2/c16-11-9-10(1-2-13(11)21-7-5-18-6-8-21)23-15-19-4-3-12(20-15)14(17)22/h1-4,9,18H,5-8H2,(H2,17,22). The molecule has 1 aromatic heterocycles. The van der Waals surface area contributed by atoms with Crippen molar-refractivity contribution in [2.75, 3.05) is 31.1 Å². The monoisotopic (exact) mass is 317 g/mol. The Balaban J connectivity index is 1.77. The fourth-order valence-electron chi connectivity index (χ4n) is 2.35. The van der Waals surface area contributed by atoms with Gasteiger partial charge in [0, 0.05) is 38.4 Å². The lowest BCUT2D eigenvalue weighted by Crippen LogP contribution is -2.43. The minimum atomic E-state index is -0.683. The predicted octanol–water partition coefficient (Wildman–Crippen LogP) is 0.916. The van der Waals surface area contributed by atoms with Crippen LogP contribution in [0, 0.1) is 5.82 Å². The number of hydrogen-bond acceptors (Lipinski definition) is 6. The molecule has 120 valence electrons. The maximum atomic E-state index is 14.3. The van der Waals surface area contributed by atoms with Crippen molar-refractivity contribution in [3.8, 4) is 11.8 Å². The second-order valence-corrected chi connectivity index (χ2v) is 5.04. The van der Waals surface area contributed by atoms with Crippen molar-refractivity contribution in [2.45, 2.75) is 0 Å². The number of nitrogens with one attached hydrogen (secondary N) is 1. The topological polar surface area (TPSA) is 93.4 Å². The van der Waals surface area contributed by atoms with E-state index in [-0.39, 0.29) is 23.3 Å². The van der Waals surface area contributed by atoms with Gasteiger partial charge in [-0.25, -0.2) is 9.37 Å². The number of hydrogen-bond donors (Lipinski definition) is 2. The summed E-state index contributed by atoms with van der Waals surface area (Å²) in [5, 5.41) is 3.22. The van der Waals surface area contributed by atoms with Crippen LogP contribution in [0.1, 0.15) is 10.5 Å². The first-order valence-electron chi connectivity index (χ1n) is 7.19. The lowest BCUT2D eigenvalue weighted by atomic mass is 10.2. The number of primary amides is 1. The number of aromatic nitrogens is 2. The molecule has 1 fully saturated rings. The van der Waals surface area contributed by atoms with Crippen LogP contribution in [0.5, 0.6) is 11.8 Å². The zero-order valence-electron chi connectivity index (χ0n) is 12.3. The van der Waals surface area contributed by atoms with Crippen LogP contribution in [0.4, 0.5) is 10.1 Å². The van der Waals surface area contributed by atoms with Crippen LogP contribution < -0.4 is 20.7 Å². The molecular weight excluding hydrogens is 301 g/mol. The molecule has 0 saturated carbocycles. The van der Waals surface area contributed by atoms with Crippen LogP contribution in [0.15, 0.2) is 30.5 Å². The van der Waals surface area contributed by atoms with E-state index in [1.165, 1.54) is 18.3 Å². The van der Waals surface area contributed by atoms with Gasteiger partial charge in [-0.15, -0.1) is 0 Å². The second-order valence-electron chi connectivity index (χ2n) is 5.04. The van der Waals surface area contributed by atoms with E-state index in [0.717, 1.165) is 26.2 Å². The molecule has 2 heterocycles. The Kier molecular flexibility index (Phi) is 4.33. The summed E-state index contributed by atoms with van der Waals surface area (Å²) >= 11 is 0. The normalized spacial score (nSPS) is 14.6. The largest absolute Gasteiger partial charge is 0.424 e. The summed E-state index contributed by atoms with van der Waals surface area (Å²) in [4.78, 5) is 20.8. The average molecular weight is 317 g/mol. The Labute approximate surface area is 132 Å². The van der Waals surface area contributed by atoms with Crippen molar-refractivity contribution in [3.05, 3.63) is 42.0 Å². The highest BCUT2D eigenvalue weighted by molar-refractivity contribution is 5.90. The lowest BCUT2D eigenvalue weighted by molar-refractivity contribution is 0.0994. The molecule has 1 saturated heterocycles. The second kappa shape index (κ2) is 6.57. The molecule has 0 radical (unpaired) electrons. The molecule has 8 heteroatoms. The zero-order chi connectivity index (χ0) is 16.2. The summed E-state index contributed by atoms with van der Waals surface area (Å²) in [5.74, 6) is -0.809. The molecule has 1 aliphatic rings. The molecular formula is C15H16FN5O2. The van der Waals surface area contributed by atoms with Crippen LogP contribution in [-0.4, -0.2) is 42.1 Å². The van der Waals surface area contributed by atoms with Gasteiger partial charge < -0.3 is 20.7 Å². The van der Waals surface area contributed by atoms with Crippen molar-refractivity contribution in [3.63, 3.8) is 0 Å². The maximum Gasteiger partial charge on any atom is 0.322 e.